The van der Waals surface area contributed by atoms with Crippen LogP contribution in [0.5, 0.6) is 0 Å². The lowest BCUT2D eigenvalue weighted by atomic mass is 9.76. The van der Waals surface area contributed by atoms with Gasteiger partial charge in [-0.3, -0.25) is 4.90 Å². The molecule has 1 aromatic rings. The first-order valence-electron chi connectivity index (χ1n) is 6.85. The second-order valence-corrected chi connectivity index (χ2v) is 5.39. The van der Waals surface area contributed by atoms with Crippen molar-refractivity contribution in [3.05, 3.63) is 47.5 Å². The molecule has 1 aliphatic heterocycles. The summed E-state index contributed by atoms with van der Waals surface area (Å²) in [6.07, 6.45) is 3.42. The summed E-state index contributed by atoms with van der Waals surface area (Å²) < 4.78 is 0. The highest BCUT2D eigenvalue weighted by Crippen LogP contribution is 2.42. The van der Waals surface area contributed by atoms with Gasteiger partial charge in [-0.15, -0.1) is 0 Å². The van der Waals surface area contributed by atoms with Gasteiger partial charge in [-0.25, -0.2) is 0 Å². The minimum absolute atomic E-state index is 0.0284. The summed E-state index contributed by atoms with van der Waals surface area (Å²) in [5, 5.41) is 20.2. The number of rotatable bonds is 3. The molecule has 3 heteroatoms. The summed E-state index contributed by atoms with van der Waals surface area (Å²) in [4.78, 5) is 2.20. The topological polar surface area (TPSA) is 43.7 Å². The standard InChI is InChI=1S/C16H23NO2/c1-13(9-12-18)16(19)10-6-11-17(2)15(16)14-7-4-3-5-8-14/h3-5,7-9,15,18-19H,6,10-12H2,1-2H3/b13-9-. The average molecular weight is 261 g/mol. The van der Waals surface area contributed by atoms with E-state index < -0.39 is 5.60 Å². The zero-order valence-corrected chi connectivity index (χ0v) is 11.7. The first-order valence-corrected chi connectivity index (χ1v) is 6.85. The van der Waals surface area contributed by atoms with E-state index in [1.807, 2.05) is 32.2 Å². The first-order chi connectivity index (χ1) is 9.09. The van der Waals surface area contributed by atoms with Crippen LogP contribution < -0.4 is 0 Å². The number of benzene rings is 1. The summed E-state index contributed by atoms with van der Waals surface area (Å²) in [7, 11) is 2.05. The largest absolute Gasteiger partial charge is 0.392 e. The molecular formula is C16H23NO2. The molecule has 1 heterocycles. The minimum atomic E-state index is -0.892. The Bertz CT molecular complexity index is 443. The molecule has 2 N–H and O–H groups in total. The van der Waals surface area contributed by atoms with Gasteiger partial charge in [-0.1, -0.05) is 36.4 Å². The van der Waals surface area contributed by atoms with Crippen LogP contribution in [0.15, 0.2) is 42.0 Å². The number of nitrogens with zero attached hydrogens (tertiary/aromatic N) is 1. The van der Waals surface area contributed by atoms with Gasteiger partial charge in [-0.05, 0) is 44.5 Å². The second-order valence-electron chi connectivity index (χ2n) is 5.39. The molecule has 0 spiro atoms. The summed E-state index contributed by atoms with van der Waals surface area (Å²) in [5.74, 6) is 0. The van der Waals surface area contributed by atoms with E-state index in [1.165, 1.54) is 0 Å². The highest BCUT2D eigenvalue weighted by Gasteiger charge is 2.43. The van der Waals surface area contributed by atoms with Gasteiger partial charge in [0.05, 0.1) is 12.6 Å². The third-order valence-electron chi connectivity index (χ3n) is 4.16. The predicted molar refractivity (Wildman–Crippen MR) is 76.8 cm³/mol. The van der Waals surface area contributed by atoms with Crippen LogP contribution in [0.2, 0.25) is 0 Å². The number of piperidine rings is 1. The fourth-order valence-electron chi connectivity index (χ4n) is 3.12. The van der Waals surface area contributed by atoms with Crippen molar-refractivity contribution in [2.24, 2.45) is 0 Å². The van der Waals surface area contributed by atoms with Crippen molar-refractivity contribution in [2.45, 2.75) is 31.4 Å². The molecule has 0 aliphatic carbocycles. The fourth-order valence-corrected chi connectivity index (χ4v) is 3.12. The third kappa shape index (κ3) is 2.73. The Balaban J connectivity index is 2.42. The summed E-state index contributed by atoms with van der Waals surface area (Å²) >= 11 is 0. The Kier molecular flexibility index (Phi) is 4.40. The third-order valence-corrected chi connectivity index (χ3v) is 4.16. The lowest BCUT2D eigenvalue weighted by Crippen LogP contribution is -2.50. The Morgan fingerprint density at radius 2 is 2.11 bits per heavy atom. The van der Waals surface area contributed by atoms with Crippen LogP contribution in [0.4, 0.5) is 0 Å². The first kappa shape index (κ1) is 14.3. The maximum Gasteiger partial charge on any atom is 0.105 e. The van der Waals surface area contributed by atoms with Crippen molar-refractivity contribution in [1.82, 2.24) is 4.90 Å². The average Bonchev–Trinajstić information content (AvgIpc) is 2.40. The highest BCUT2D eigenvalue weighted by molar-refractivity contribution is 5.30. The van der Waals surface area contributed by atoms with E-state index in [1.54, 1.807) is 6.08 Å². The fraction of sp³-hybridized carbons (Fsp3) is 0.500. The Labute approximate surface area is 115 Å². The maximum absolute atomic E-state index is 11.1. The van der Waals surface area contributed by atoms with Crippen molar-refractivity contribution < 1.29 is 10.2 Å². The maximum atomic E-state index is 11.1. The van der Waals surface area contributed by atoms with E-state index in [0.717, 1.165) is 30.5 Å². The minimum Gasteiger partial charge on any atom is -0.392 e. The molecule has 3 nitrogen and oxygen atoms in total. The van der Waals surface area contributed by atoms with E-state index in [-0.39, 0.29) is 12.6 Å². The number of aliphatic hydroxyl groups excluding tert-OH is 1. The van der Waals surface area contributed by atoms with Crippen molar-refractivity contribution in [2.75, 3.05) is 20.2 Å². The normalized spacial score (nSPS) is 29.5. The quantitative estimate of drug-likeness (QED) is 0.819. The summed E-state index contributed by atoms with van der Waals surface area (Å²) in [5.41, 5.74) is 1.09. The molecule has 0 saturated carbocycles. The number of aliphatic hydroxyl groups is 2. The van der Waals surface area contributed by atoms with Crippen LogP contribution in [-0.2, 0) is 0 Å². The summed E-state index contributed by atoms with van der Waals surface area (Å²) in [6.45, 7) is 2.86. The molecule has 0 aromatic heterocycles. The van der Waals surface area contributed by atoms with E-state index in [2.05, 4.69) is 17.0 Å². The van der Waals surface area contributed by atoms with E-state index in [0.29, 0.717) is 0 Å². The molecule has 0 radical (unpaired) electrons. The van der Waals surface area contributed by atoms with Crippen LogP contribution >= 0.6 is 0 Å². The van der Waals surface area contributed by atoms with Gasteiger partial charge in [0.25, 0.3) is 0 Å². The van der Waals surface area contributed by atoms with Gasteiger partial charge in [0, 0.05) is 0 Å². The van der Waals surface area contributed by atoms with Crippen LogP contribution in [0.1, 0.15) is 31.4 Å². The number of hydrogen-bond acceptors (Lipinski definition) is 3. The Morgan fingerprint density at radius 3 is 2.74 bits per heavy atom. The molecule has 0 bridgehead atoms. The molecule has 0 amide bonds. The highest BCUT2D eigenvalue weighted by atomic mass is 16.3. The predicted octanol–water partition coefficient (Wildman–Crippen LogP) is 2.12. The van der Waals surface area contributed by atoms with Crippen LogP contribution in [0.25, 0.3) is 0 Å². The van der Waals surface area contributed by atoms with Crippen LogP contribution in [0, 0.1) is 0 Å². The van der Waals surface area contributed by atoms with E-state index >= 15 is 0 Å². The number of likely N-dealkylation sites (tertiary alicyclic amines) is 1. The van der Waals surface area contributed by atoms with E-state index in [4.69, 9.17) is 5.11 Å². The lowest BCUT2D eigenvalue weighted by molar-refractivity contribution is -0.0468. The molecule has 1 fully saturated rings. The lowest BCUT2D eigenvalue weighted by Gasteiger charge is -2.46. The molecule has 1 aliphatic rings. The molecule has 2 rings (SSSR count). The summed E-state index contributed by atoms with van der Waals surface area (Å²) in [6, 6.07) is 10.1. The monoisotopic (exact) mass is 261 g/mol. The van der Waals surface area contributed by atoms with Gasteiger partial charge in [-0.2, -0.15) is 0 Å². The van der Waals surface area contributed by atoms with Crippen LogP contribution in [-0.4, -0.2) is 40.9 Å². The molecule has 104 valence electrons. The van der Waals surface area contributed by atoms with Gasteiger partial charge >= 0.3 is 0 Å². The van der Waals surface area contributed by atoms with Gasteiger partial charge in [0.2, 0.25) is 0 Å². The van der Waals surface area contributed by atoms with E-state index in [9.17, 15) is 5.11 Å². The molecule has 2 atom stereocenters. The van der Waals surface area contributed by atoms with Gasteiger partial charge < -0.3 is 10.2 Å². The van der Waals surface area contributed by atoms with Crippen molar-refractivity contribution in [3.8, 4) is 0 Å². The smallest absolute Gasteiger partial charge is 0.105 e. The molecule has 1 saturated heterocycles. The zero-order valence-electron chi connectivity index (χ0n) is 11.7. The van der Waals surface area contributed by atoms with Gasteiger partial charge in [0.1, 0.15) is 5.60 Å². The molecule has 1 aromatic carbocycles. The SMILES string of the molecule is C/C(=C/CO)C1(O)CCCN(C)C1c1ccccc1. The molecular weight excluding hydrogens is 238 g/mol. The van der Waals surface area contributed by atoms with Crippen molar-refractivity contribution in [1.29, 1.82) is 0 Å². The Morgan fingerprint density at radius 1 is 1.42 bits per heavy atom. The zero-order chi connectivity index (χ0) is 13.9. The van der Waals surface area contributed by atoms with Crippen LogP contribution in [0.3, 0.4) is 0 Å². The molecule has 19 heavy (non-hydrogen) atoms. The molecule has 2 unspecified atom stereocenters. The number of hydrogen-bond donors (Lipinski definition) is 2. The van der Waals surface area contributed by atoms with Crippen molar-refractivity contribution >= 4 is 0 Å². The Hall–Kier alpha value is -1.16. The second kappa shape index (κ2) is 5.87. The van der Waals surface area contributed by atoms with Gasteiger partial charge in [0.15, 0.2) is 0 Å². The number of likely N-dealkylation sites (N-methyl/N-ethyl adjacent to an activating group) is 1. The van der Waals surface area contributed by atoms with Crippen molar-refractivity contribution in [3.63, 3.8) is 0 Å².